The van der Waals surface area contributed by atoms with Gasteiger partial charge in [-0.1, -0.05) is 55.5 Å². The number of hydrogen-bond donors (Lipinski definition) is 3. The van der Waals surface area contributed by atoms with Crippen LogP contribution in [0, 0.1) is 17.0 Å². The number of esters is 1. The standard InChI is InChI=1S/C36H45N7O12/c1-6-11-29-39-31(36(4,5)47)30(33(44)51-21-28-22(2)53-35(46)55-28)41(29)20-24-14-16-25(17-15-24)26-12-7-8-13-27(26)32(37)40-42(38)23(3)54-34(45)50-18-9-10-19-52-43(48)49/h7-8,12-17,23,47H,6,9-11,18-21,38H2,1-5H3,(H2,37,40). The van der Waals surface area contributed by atoms with Gasteiger partial charge >= 0.3 is 17.9 Å². The molecule has 0 amide bonds. The highest BCUT2D eigenvalue weighted by Crippen LogP contribution is 2.29. The highest BCUT2D eigenvalue weighted by Gasteiger charge is 2.33. The minimum Gasteiger partial charge on any atom is -0.453 e. The Morgan fingerprint density at radius 1 is 1.11 bits per heavy atom. The Hall–Kier alpha value is -6.21. The minimum absolute atomic E-state index is 0.0339. The summed E-state index contributed by atoms with van der Waals surface area (Å²) in [6, 6.07) is 14.7. The Kier molecular flexibility index (Phi) is 14.1. The van der Waals surface area contributed by atoms with E-state index in [1.807, 2.05) is 43.3 Å². The molecule has 0 bridgehead atoms. The molecule has 5 N–H and O–H groups in total. The average molecular weight is 768 g/mol. The number of imidazole rings is 1. The van der Waals surface area contributed by atoms with Crippen molar-refractivity contribution < 1.29 is 47.7 Å². The number of aliphatic hydroxyl groups is 1. The monoisotopic (exact) mass is 767 g/mol. The van der Waals surface area contributed by atoms with Gasteiger partial charge in [-0.05, 0) is 63.6 Å². The number of nitrogens with zero attached hydrogens (tertiary/aromatic N) is 5. The number of hydrazine groups is 1. The van der Waals surface area contributed by atoms with E-state index in [4.69, 9.17) is 34.6 Å². The fourth-order valence-corrected chi connectivity index (χ4v) is 5.34. The second-order valence-corrected chi connectivity index (χ2v) is 12.8. The zero-order valence-electron chi connectivity index (χ0n) is 31.2. The van der Waals surface area contributed by atoms with Crippen molar-refractivity contribution in [3.8, 4) is 11.1 Å². The molecule has 19 heteroatoms. The number of amidine groups is 1. The Morgan fingerprint density at radius 3 is 2.44 bits per heavy atom. The summed E-state index contributed by atoms with van der Waals surface area (Å²) in [4.78, 5) is 56.2. The van der Waals surface area contributed by atoms with Gasteiger partial charge in [0.05, 0.1) is 13.2 Å². The van der Waals surface area contributed by atoms with Gasteiger partial charge in [-0.3, -0.25) is 0 Å². The Labute approximate surface area is 315 Å². The third-order valence-electron chi connectivity index (χ3n) is 8.09. The molecule has 0 saturated carbocycles. The fraction of sp³-hybridized carbons (Fsp3) is 0.417. The average Bonchev–Trinajstić information content (AvgIpc) is 3.66. The SMILES string of the molecule is CCCc1nc(C(C)(C)O)c(C(=O)OCc2oc(=O)oc2C)n1Cc1ccc(-c2ccccc2/C(N)=N/N(N)C(C)OC(=O)OCCCCO[N+](=O)[O-])cc1. The second-order valence-electron chi connectivity index (χ2n) is 12.8. The lowest BCUT2D eigenvalue weighted by Gasteiger charge is -2.21. The summed E-state index contributed by atoms with van der Waals surface area (Å²) < 4.78 is 27.2. The topological polar surface area (TPSA) is 263 Å². The maximum Gasteiger partial charge on any atom is 0.519 e. The molecule has 2 aromatic carbocycles. The smallest absolute Gasteiger partial charge is 0.453 e. The molecule has 19 nitrogen and oxygen atoms in total. The van der Waals surface area contributed by atoms with E-state index in [2.05, 4.69) is 14.9 Å². The largest absolute Gasteiger partial charge is 0.519 e. The number of rotatable bonds is 19. The Balaban J connectivity index is 1.50. The number of nitrogens with two attached hydrogens (primary N) is 2. The molecular weight excluding hydrogens is 722 g/mol. The number of carbonyl (C=O) groups is 2. The van der Waals surface area contributed by atoms with Crippen molar-refractivity contribution in [2.24, 2.45) is 16.7 Å². The minimum atomic E-state index is -1.48. The molecule has 0 radical (unpaired) electrons. The molecular formula is C36H45N7O12. The number of benzene rings is 2. The lowest BCUT2D eigenvalue weighted by Crippen LogP contribution is -2.40. The lowest BCUT2D eigenvalue weighted by atomic mass is 9.98. The van der Waals surface area contributed by atoms with Gasteiger partial charge in [0.25, 0.3) is 5.09 Å². The first-order valence-corrected chi connectivity index (χ1v) is 17.3. The summed E-state index contributed by atoms with van der Waals surface area (Å²) >= 11 is 0. The van der Waals surface area contributed by atoms with Crippen molar-refractivity contribution in [2.45, 2.75) is 85.3 Å². The van der Waals surface area contributed by atoms with Gasteiger partial charge in [0, 0.05) is 18.5 Å². The number of aryl methyl sites for hydroxylation is 2. The number of unbranched alkanes of at least 4 members (excludes halogenated alkanes) is 1. The van der Waals surface area contributed by atoms with E-state index in [-0.39, 0.29) is 55.1 Å². The van der Waals surface area contributed by atoms with Crippen LogP contribution in [0.1, 0.15) is 91.6 Å². The van der Waals surface area contributed by atoms with E-state index in [9.17, 15) is 29.6 Å². The van der Waals surface area contributed by atoms with Crippen molar-refractivity contribution in [1.29, 1.82) is 0 Å². The molecule has 1 unspecified atom stereocenters. The zero-order valence-corrected chi connectivity index (χ0v) is 31.2. The highest BCUT2D eigenvalue weighted by molar-refractivity contribution is 6.03. The maximum atomic E-state index is 13.6. The first kappa shape index (κ1) is 41.5. The van der Waals surface area contributed by atoms with Gasteiger partial charge in [0.1, 0.15) is 17.1 Å². The number of hydrogen-bond acceptors (Lipinski definition) is 16. The Bertz CT molecular complexity index is 2030. The van der Waals surface area contributed by atoms with Crippen LogP contribution in [-0.2, 0) is 44.2 Å². The highest BCUT2D eigenvalue weighted by atomic mass is 16.9. The molecule has 2 aromatic heterocycles. The van der Waals surface area contributed by atoms with Crippen LogP contribution in [0.25, 0.3) is 11.1 Å². The molecule has 0 aliphatic carbocycles. The van der Waals surface area contributed by atoms with Crippen LogP contribution in [-0.4, -0.2) is 62.3 Å². The summed E-state index contributed by atoms with van der Waals surface area (Å²) in [5.74, 6) is 5.23. The van der Waals surface area contributed by atoms with E-state index >= 15 is 0 Å². The normalized spacial score (nSPS) is 12.2. The predicted molar refractivity (Wildman–Crippen MR) is 194 cm³/mol. The van der Waals surface area contributed by atoms with Crippen molar-refractivity contribution in [2.75, 3.05) is 13.2 Å². The molecule has 0 spiro atoms. The van der Waals surface area contributed by atoms with Crippen LogP contribution in [0.4, 0.5) is 4.79 Å². The predicted octanol–water partition coefficient (Wildman–Crippen LogP) is 4.27. The van der Waals surface area contributed by atoms with Crippen LogP contribution in [0.15, 0.2) is 67.3 Å². The molecule has 55 heavy (non-hydrogen) atoms. The number of hydrazone groups is 1. The van der Waals surface area contributed by atoms with E-state index in [1.54, 1.807) is 16.7 Å². The van der Waals surface area contributed by atoms with Crippen LogP contribution >= 0.6 is 0 Å². The van der Waals surface area contributed by atoms with Gasteiger partial charge < -0.3 is 43.3 Å². The van der Waals surface area contributed by atoms with Gasteiger partial charge in [0.2, 0.25) is 6.23 Å². The molecule has 0 saturated heterocycles. The first-order chi connectivity index (χ1) is 26.1. The second kappa shape index (κ2) is 18.7. The maximum absolute atomic E-state index is 13.6. The third kappa shape index (κ3) is 11.4. The van der Waals surface area contributed by atoms with Gasteiger partial charge in [-0.15, -0.1) is 15.2 Å². The summed E-state index contributed by atoms with van der Waals surface area (Å²) in [6.07, 6.45) is -0.211. The number of aromatic nitrogens is 2. The van der Waals surface area contributed by atoms with Crippen molar-refractivity contribution >= 4 is 18.0 Å². The third-order valence-corrected chi connectivity index (χ3v) is 8.09. The van der Waals surface area contributed by atoms with Crippen LogP contribution in [0.3, 0.4) is 0 Å². The van der Waals surface area contributed by atoms with E-state index in [0.717, 1.165) is 28.2 Å². The molecule has 1 atom stereocenters. The van der Waals surface area contributed by atoms with E-state index < -0.39 is 34.9 Å². The zero-order chi connectivity index (χ0) is 40.3. The van der Waals surface area contributed by atoms with Crippen molar-refractivity contribution in [3.05, 3.63) is 109 Å². The molecule has 4 rings (SSSR count). The molecule has 0 fully saturated rings. The van der Waals surface area contributed by atoms with Gasteiger partial charge in [-0.25, -0.2) is 25.2 Å². The molecule has 0 aliphatic heterocycles. The summed E-state index contributed by atoms with van der Waals surface area (Å²) in [5.41, 5.74) is 7.96. The molecule has 4 aromatic rings. The van der Waals surface area contributed by atoms with Crippen molar-refractivity contribution in [3.63, 3.8) is 0 Å². The quantitative estimate of drug-likeness (QED) is 0.0176. The van der Waals surface area contributed by atoms with Crippen molar-refractivity contribution in [1.82, 2.24) is 14.7 Å². The van der Waals surface area contributed by atoms with Crippen LogP contribution < -0.4 is 17.4 Å². The van der Waals surface area contributed by atoms with E-state index in [1.165, 1.54) is 27.7 Å². The van der Waals surface area contributed by atoms with Crippen LogP contribution in [0.5, 0.6) is 0 Å². The summed E-state index contributed by atoms with van der Waals surface area (Å²) in [5, 5.41) is 25.4. The first-order valence-electron chi connectivity index (χ1n) is 17.3. The lowest BCUT2D eigenvalue weighted by molar-refractivity contribution is -0.757. The van der Waals surface area contributed by atoms with Gasteiger partial charge in [-0.2, -0.15) is 5.12 Å². The molecule has 2 heterocycles. The van der Waals surface area contributed by atoms with Crippen LogP contribution in [0.2, 0.25) is 0 Å². The van der Waals surface area contributed by atoms with E-state index in [0.29, 0.717) is 30.7 Å². The molecule has 296 valence electrons. The summed E-state index contributed by atoms with van der Waals surface area (Å²) in [6.45, 7) is 7.72. The number of carbonyl (C=O) groups excluding carboxylic acids is 2. The Morgan fingerprint density at radius 2 is 1.80 bits per heavy atom. The molecule has 0 aliphatic rings. The number of ether oxygens (including phenoxy) is 3. The van der Waals surface area contributed by atoms with Gasteiger partial charge in [0.15, 0.2) is 29.7 Å². The fourth-order valence-electron chi connectivity index (χ4n) is 5.34. The summed E-state index contributed by atoms with van der Waals surface area (Å²) in [7, 11) is 0.